The Kier molecular flexibility index (Phi) is 5.94. The van der Waals surface area contributed by atoms with Crippen LogP contribution in [0.5, 0.6) is 0 Å². The number of carbonyl (C=O) groups excluding carboxylic acids is 1. The molecule has 30 heavy (non-hydrogen) atoms. The molecule has 0 saturated carbocycles. The Balaban J connectivity index is 1.37. The first-order valence-electron chi connectivity index (χ1n) is 9.62. The zero-order valence-electron chi connectivity index (χ0n) is 16.5. The fourth-order valence-corrected chi connectivity index (χ4v) is 3.98. The second kappa shape index (κ2) is 8.96. The van der Waals surface area contributed by atoms with Gasteiger partial charge in [0.2, 0.25) is 5.91 Å². The minimum atomic E-state index is -0.153. The van der Waals surface area contributed by atoms with Gasteiger partial charge < -0.3 is 14.9 Å². The average Bonchev–Trinajstić information content (AvgIpc) is 3.14. The molecule has 2 heterocycles. The van der Waals surface area contributed by atoms with E-state index in [0.717, 1.165) is 15.7 Å². The second-order valence-electron chi connectivity index (χ2n) is 6.85. The van der Waals surface area contributed by atoms with Crippen LogP contribution in [0.15, 0.2) is 75.8 Å². The number of nitrogens with one attached hydrogen (secondary N) is 2. The summed E-state index contributed by atoms with van der Waals surface area (Å²) in [6.07, 6.45) is 5.07. The highest BCUT2D eigenvalue weighted by molar-refractivity contribution is 7.99. The summed E-state index contributed by atoms with van der Waals surface area (Å²) in [7, 11) is 1.93. The Bertz CT molecular complexity index is 1250. The molecule has 152 valence electrons. The molecule has 2 aromatic carbocycles. The zero-order chi connectivity index (χ0) is 20.9. The van der Waals surface area contributed by atoms with Gasteiger partial charge in [-0.2, -0.15) is 0 Å². The van der Waals surface area contributed by atoms with E-state index in [1.54, 1.807) is 12.3 Å². The van der Waals surface area contributed by atoms with E-state index in [1.807, 2.05) is 60.3 Å². The van der Waals surface area contributed by atoms with Crippen molar-refractivity contribution in [2.75, 3.05) is 5.32 Å². The molecule has 0 spiro atoms. The van der Waals surface area contributed by atoms with Gasteiger partial charge in [-0.3, -0.25) is 9.59 Å². The van der Waals surface area contributed by atoms with Gasteiger partial charge in [-0.1, -0.05) is 24.3 Å². The quantitative estimate of drug-likeness (QED) is 0.476. The monoisotopic (exact) mass is 419 g/mol. The number of aromatic nitrogens is 4. The van der Waals surface area contributed by atoms with Crippen LogP contribution in [0, 0.1) is 0 Å². The number of nitrogens with zero attached hydrogens (tertiary/aromatic N) is 3. The Morgan fingerprint density at radius 2 is 1.97 bits per heavy atom. The molecule has 0 fully saturated rings. The number of hydrogen-bond acceptors (Lipinski definition) is 5. The van der Waals surface area contributed by atoms with Crippen molar-refractivity contribution in [2.45, 2.75) is 29.3 Å². The molecule has 7 nitrogen and oxygen atoms in total. The molecule has 4 aromatic rings. The average molecular weight is 420 g/mol. The molecule has 0 unspecified atom stereocenters. The van der Waals surface area contributed by atoms with Crippen molar-refractivity contribution >= 4 is 34.3 Å². The number of rotatable bonds is 7. The summed E-state index contributed by atoms with van der Waals surface area (Å²) >= 11 is 1.50. The first kappa shape index (κ1) is 19.9. The lowest BCUT2D eigenvalue weighted by molar-refractivity contribution is -0.116. The van der Waals surface area contributed by atoms with Crippen LogP contribution in [0.1, 0.15) is 18.7 Å². The van der Waals surface area contributed by atoms with Gasteiger partial charge in [0, 0.05) is 37.2 Å². The Labute approximate surface area is 177 Å². The highest BCUT2D eigenvalue weighted by Crippen LogP contribution is 2.32. The smallest absolute Gasteiger partial charge is 0.258 e. The van der Waals surface area contributed by atoms with Crippen molar-refractivity contribution in [3.8, 4) is 0 Å². The number of fused-ring (bicyclic) bond motifs is 1. The van der Waals surface area contributed by atoms with Crippen LogP contribution >= 0.6 is 11.8 Å². The Morgan fingerprint density at radius 1 is 1.17 bits per heavy atom. The summed E-state index contributed by atoms with van der Waals surface area (Å²) in [6, 6.07) is 14.9. The number of benzene rings is 2. The molecule has 0 aliphatic carbocycles. The second-order valence-corrected chi connectivity index (χ2v) is 7.86. The summed E-state index contributed by atoms with van der Waals surface area (Å²) in [5.74, 6) is 0.517. The van der Waals surface area contributed by atoms with Gasteiger partial charge in [-0.15, -0.1) is 0 Å². The Hall–Kier alpha value is -3.39. The lowest BCUT2D eigenvalue weighted by Crippen LogP contribution is -2.14. The predicted molar refractivity (Wildman–Crippen MR) is 118 cm³/mol. The number of aryl methyl sites for hydroxylation is 2. The van der Waals surface area contributed by atoms with Crippen molar-refractivity contribution in [3.63, 3.8) is 0 Å². The highest BCUT2D eigenvalue weighted by Gasteiger charge is 2.11. The van der Waals surface area contributed by atoms with E-state index in [9.17, 15) is 9.59 Å². The molecule has 0 bridgehead atoms. The minimum absolute atomic E-state index is 0.0778. The van der Waals surface area contributed by atoms with Crippen molar-refractivity contribution < 1.29 is 4.79 Å². The first-order valence-corrected chi connectivity index (χ1v) is 10.4. The molecule has 0 saturated heterocycles. The van der Waals surface area contributed by atoms with Crippen molar-refractivity contribution in [2.24, 2.45) is 7.05 Å². The zero-order valence-corrected chi connectivity index (χ0v) is 17.3. The molecule has 2 aromatic heterocycles. The van der Waals surface area contributed by atoms with E-state index in [1.165, 1.54) is 11.8 Å². The summed E-state index contributed by atoms with van der Waals surface area (Å²) in [4.78, 5) is 37.2. The van der Waals surface area contributed by atoms with Crippen molar-refractivity contribution in [1.29, 1.82) is 0 Å². The molecule has 2 N–H and O–H groups in total. The minimum Gasteiger partial charge on any atom is -0.329 e. The molecule has 0 radical (unpaired) electrons. The van der Waals surface area contributed by atoms with Crippen molar-refractivity contribution in [1.82, 2.24) is 19.5 Å². The molecule has 4 rings (SSSR count). The van der Waals surface area contributed by atoms with E-state index >= 15 is 0 Å². The highest BCUT2D eigenvalue weighted by atomic mass is 32.2. The number of carbonyl (C=O) groups is 1. The first-order chi connectivity index (χ1) is 14.6. The summed E-state index contributed by atoms with van der Waals surface area (Å²) in [6.45, 7) is 0. The summed E-state index contributed by atoms with van der Waals surface area (Å²) < 4.78 is 1.93. The number of anilines is 1. The van der Waals surface area contributed by atoms with Crippen LogP contribution in [0.3, 0.4) is 0 Å². The van der Waals surface area contributed by atoms with E-state index in [-0.39, 0.29) is 11.5 Å². The third kappa shape index (κ3) is 4.60. The van der Waals surface area contributed by atoms with Crippen molar-refractivity contribution in [3.05, 3.63) is 77.1 Å². The van der Waals surface area contributed by atoms with Gasteiger partial charge in [-0.05, 0) is 42.4 Å². The fraction of sp³-hybridized carbons (Fsp3) is 0.182. The largest absolute Gasteiger partial charge is 0.329 e. The SMILES string of the molecule is Cn1ccnc1Sc1ccccc1NC(=O)CCCc1nc2ccccc2c(=O)[nH]1. The summed E-state index contributed by atoms with van der Waals surface area (Å²) in [5, 5.41) is 4.40. The lowest BCUT2D eigenvalue weighted by Gasteiger charge is -2.10. The van der Waals surface area contributed by atoms with Gasteiger partial charge in [0.1, 0.15) is 5.82 Å². The number of imidazole rings is 1. The third-order valence-electron chi connectivity index (χ3n) is 4.62. The standard InChI is InChI=1S/C22H21N5O2S/c1-27-14-13-23-22(27)30-18-10-5-4-9-17(18)25-20(28)12-6-11-19-24-16-8-3-2-7-15(16)21(29)26-19/h2-5,7-10,13-14H,6,11-12H2,1H3,(H,25,28)(H,24,26,29). The maximum atomic E-state index is 12.5. The third-order valence-corrected chi connectivity index (χ3v) is 5.77. The van der Waals surface area contributed by atoms with Gasteiger partial charge in [0.05, 0.1) is 16.6 Å². The van der Waals surface area contributed by atoms with Crippen LogP contribution < -0.4 is 10.9 Å². The van der Waals surface area contributed by atoms with Crippen LogP contribution in [0.2, 0.25) is 0 Å². The number of amides is 1. The van der Waals surface area contributed by atoms with E-state index in [0.29, 0.717) is 36.0 Å². The van der Waals surface area contributed by atoms with Gasteiger partial charge in [-0.25, -0.2) is 9.97 Å². The maximum absolute atomic E-state index is 12.5. The molecule has 8 heteroatoms. The molecule has 0 atom stereocenters. The molecule has 1 amide bonds. The lowest BCUT2D eigenvalue weighted by atomic mass is 10.2. The topological polar surface area (TPSA) is 92.7 Å². The van der Waals surface area contributed by atoms with Gasteiger partial charge in [0.25, 0.3) is 5.56 Å². The molecule has 0 aliphatic heterocycles. The molecular weight excluding hydrogens is 398 g/mol. The molecular formula is C22H21N5O2S. The van der Waals surface area contributed by atoms with E-state index in [4.69, 9.17) is 0 Å². The molecule has 0 aliphatic rings. The normalized spacial score (nSPS) is 11.0. The van der Waals surface area contributed by atoms with Gasteiger partial charge in [0.15, 0.2) is 5.16 Å². The van der Waals surface area contributed by atoms with Crippen LogP contribution in [0.4, 0.5) is 5.69 Å². The number of aromatic amines is 1. The van der Waals surface area contributed by atoms with E-state index in [2.05, 4.69) is 20.3 Å². The van der Waals surface area contributed by atoms with Crippen LogP contribution in [-0.2, 0) is 18.3 Å². The maximum Gasteiger partial charge on any atom is 0.258 e. The predicted octanol–water partition coefficient (Wildman–Crippen LogP) is 3.77. The fourth-order valence-electron chi connectivity index (χ4n) is 3.09. The van der Waals surface area contributed by atoms with Crippen LogP contribution in [-0.4, -0.2) is 25.4 Å². The van der Waals surface area contributed by atoms with Crippen LogP contribution in [0.25, 0.3) is 10.9 Å². The van der Waals surface area contributed by atoms with E-state index < -0.39 is 0 Å². The number of H-pyrrole nitrogens is 1. The Morgan fingerprint density at radius 3 is 2.80 bits per heavy atom. The van der Waals surface area contributed by atoms with Gasteiger partial charge >= 0.3 is 0 Å². The number of para-hydroxylation sites is 2. The summed E-state index contributed by atoms with van der Waals surface area (Å²) in [5.41, 5.74) is 1.27. The number of hydrogen-bond donors (Lipinski definition) is 2.